The summed E-state index contributed by atoms with van der Waals surface area (Å²) >= 11 is 0. The smallest absolute Gasteiger partial charge is 0.158 e. The minimum Gasteiger partial charge on any atom is -0.310 e. The van der Waals surface area contributed by atoms with E-state index < -0.39 is 0 Å². The second-order valence-electron chi connectivity index (χ2n) is 5.43. The molecule has 0 spiro atoms. The molecule has 0 aliphatic heterocycles. The van der Waals surface area contributed by atoms with Crippen molar-refractivity contribution < 1.29 is 0 Å². The molecule has 2 heterocycles. The van der Waals surface area contributed by atoms with Crippen LogP contribution in [0.1, 0.15) is 57.3 Å². The minimum atomic E-state index is 0.269. The summed E-state index contributed by atoms with van der Waals surface area (Å²) in [6.07, 6.45) is 4.94. The van der Waals surface area contributed by atoms with Gasteiger partial charge >= 0.3 is 0 Å². The zero-order chi connectivity index (χ0) is 14.5. The summed E-state index contributed by atoms with van der Waals surface area (Å²) in [5.74, 6) is 1.34. The van der Waals surface area contributed by atoms with E-state index in [1.165, 1.54) is 5.56 Å². The maximum atomic E-state index is 4.63. The van der Waals surface area contributed by atoms with E-state index in [1.54, 1.807) is 0 Å². The third-order valence-electron chi connectivity index (χ3n) is 3.40. The largest absolute Gasteiger partial charge is 0.310 e. The Morgan fingerprint density at radius 3 is 2.70 bits per heavy atom. The van der Waals surface area contributed by atoms with Gasteiger partial charge < -0.3 is 5.32 Å². The maximum absolute atomic E-state index is 4.63. The first-order valence-corrected chi connectivity index (χ1v) is 7.37. The molecule has 2 aromatic heterocycles. The van der Waals surface area contributed by atoms with E-state index in [0.717, 1.165) is 24.5 Å². The molecule has 1 unspecified atom stereocenters. The van der Waals surface area contributed by atoms with Crippen LogP contribution in [-0.4, -0.2) is 21.3 Å². The molecular weight excluding hydrogens is 248 g/mol. The quantitative estimate of drug-likeness (QED) is 0.875. The molecule has 4 heteroatoms. The molecule has 0 aliphatic rings. The van der Waals surface area contributed by atoms with Gasteiger partial charge in [0, 0.05) is 24.0 Å². The lowest BCUT2D eigenvalue weighted by Gasteiger charge is -2.16. The predicted molar refractivity (Wildman–Crippen MR) is 82.2 cm³/mol. The normalized spacial score (nSPS) is 12.8. The maximum Gasteiger partial charge on any atom is 0.158 e. The Morgan fingerprint density at radius 2 is 2.05 bits per heavy atom. The Kier molecular flexibility index (Phi) is 4.90. The van der Waals surface area contributed by atoms with Crippen LogP contribution in [0.5, 0.6) is 0 Å². The lowest BCUT2D eigenvalue weighted by atomic mass is 10.1. The van der Waals surface area contributed by atoms with Gasteiger partial charge in [0.15, 0.2) is 5.82 Å². The molecule has 1 atom stereocenters. The van der Waals surface area contributed by atoms with Crippen LogP contribution in [0.4, 0.5) is 0 Å². The van der Waals surface area contributed by atoms with Gasteiger partial charge in [0.1, 0.15) is 0 Å². The third-order valence-corrected chi connectivity index (χ3v) is 3.40. The van der Waals surface area contributed by atoms with Crippen molar-refractivity contribution >= 4 is 0 Å². The van der Waals surface area contributed by atoms with Crippen LogP contribution < -0.4 is 5.32 Å². The predicted octanol–water partition coefficient (Wildman–Crippen LogP) is 3.45. The summed E-state index contributed by atoms with van der Waals surface area (Å²) in [4.78, 5) is 4.51. The van der Waals surface area contributed by atoms with Gasteiger partial charge in [-0.15, -0.1) is 0 Å². The Bertz CT molecular complexity index is 545. The second-order valence-corrected chi connectivity index (χ2v) is 5.43. The molecule has 0 saturated carbocycles. The van der Waals surface area contributed by atoms with Crippen molar-refractivity contribution in [1.29, 1.82) is 0 Å². The monoisotopic (exact) mass is 272 g/mol. The molecule has 2 rings (SSSR count). The molecule has 0 amide bonds. The zero-order valence-electron chi connectivity index (χ0n) is 12.8. The molecule has 0 radical (unpaired) electrons. The first kappa shape index (κ1) is 14.7. The van der Waals surface area contributed by atoms with Gasteiger partial charge in [-0.3, -0.25) is 0 Å². The number of nitrogens with one attached hydrogen (secondary N) is 1. The van der Waals surface area contributed by atoms with Crippen LogP contribution in [0.2, 0.25) is 0 Å². The zero-order valence-corrected chi connectivity index (χ0v) is 12.8. The molecule has 108 valence electrons. The summed E-state index contributed by atoms with van der Waals surface area (Å²) in [6, 6.07) is 6.43. The molecule has 0 bridgehead atoms. The fraction of sp³-hybridized carbons (Fsp3) is 0.500. The average molecular weight is 272 g/mol. The number of hydrogen-bond acceptors (Lipinski definition) is 3. The average Bonchev–Trinajstić information content (AvgIpc) is 2.94. The SMILES string of the molecule is CCCNC(C)c1cccnc1-n1ccc(C(C)C)n1. The fourth-order valence-corrected chi connectivity index (χ4v) is 2.17. The van der Waals surface area contributed by atoms with E-state index >= 15 is 0 Å². The van der Waals surface area contributed by atoms with Crippen molar-refractivity contribution in [3.8, 4) is 5.82 Å². The van der Waals surface area contributed by atoms with E-state index in [2.05, 4.69) is 55.2 Å². The van der Waals surface area contributed by atoms with Gasteiger partial charge in [0.2, 0.25) is 0 Å². The van der Waals surface area contributed by atoms with Gasteiger partial charge in [-0.25, -0.2) is 9.67 Å². The van der Waals surface area contributed by atoms with E-state index in [9.17, 15) is 0 Å². The third kappa shape index (κ3) is 3.25. The molecule has 1 N–H and O–H groups in total. The Hall–Kier alpha value is -1.68. The van der Waals surface area contributed by atoms with Crippen molar-refractivity contribution in [2.45, 2.75) is 46.1 Å². The number of hydrogen-bond donors (Lipinski definition) is 1. The summed E-state index contributed by atoms with van der Waals surface area (Å²) < 4.78 is 1.88. The molecule has 20 heavy (non-hydrogen) atoms. The lowest BCUT2D eigenvalue weighted by molar-refractivity contribution is 0.564. The highest BCUT2D eigenvalue weighted by molar-refractivity contribution is 5.35. The molecule has 2 aromatic rings. The second kappa shape index (κ2) is 6.66. The summed E-state index contributed by atoms with van der Waals surface area (Å²) in [6.45, 7) is 9.65. The first-order valence-electron chi connectivity index (χ1n) is 7.37. The van der Waals surface area contributed by atoms with Gasteiger partial charge in [0.05, 0.1) is 5.69 Å². The first-order chi connectivity index (χ1) is 9.63. The van der Waals surface area contributed by atoms with Gasteiger partial charge in [0.25, 0.3) is 0 Å². The highest BCUT2D eigenvalue weighted by Crippen LogP contribution is 2.20. The lowest BCUT2D eigenvalue weighted by Crippen LogP contribution is -2.21. The summed E-state index contributed by atoms with van der Waals surface area (Å²) in [7, 11) is 0. The molecule has 0 fully saturated rings. The van der Waals surface area contributed by atoms with E-state index in [0.29, 0.717) is 5.92 Å². The van der Waals surface area contributed by atoms with Crippen LogP contribution in [-0.2, 0) is 0 Å². The number of pyridine rings is 1. The Labute approximate surface area is 121 Å². The topological polar surface area (TPSA) is 42.7 Å². The standard InChI is InChI=1S/C16H24N4/c1-5-9-17-13(4)14-7-6-10-18-16(14)20-11-8-15(19-20)12(2)3/h6-8,10-13,17H,5,9H2,1-4H3. The highest BCUT2D eigenvalue weighted by atomic mass is 15.3. The van der Waals surface area contributed by atoms with Crippen LogP contribution in [0.15, 0.2) is 30.6 Å². The van der Waals surface area contributed by atoms with Crippen molar-refractivity contribution in [1.82, 2.24) is 20.1 Å². The number of aromatic nitrogens is 3. The van der Waals surface area contributed by atoms with E-state index in [-0.39, 0.29) is 6.04 Å². The molecule has 0 aromatic carbocycles. The van der Waals surface area contributed by atoms with E-state index in [4.69, 9.17) is 0 Å². The molecular formula is C16H24N4. The summed E-state index contributed by atoms with van der Waals surface area (Å²) in [5.41, 5.74) is 2.27. The Morgan fingerprint density at radius 1 is 1.25 bits per heavy atom. The van der Waals surface area contributed by atoms with Crippen LogP contribution in [0.3, 0.4) is 0 Å². The van der Waals surface area contributed by atoms with Crippen molar-refractivity contribution in [2.24, 2.45) is 0 Å². The van der Waals surface area contributed by atoms with Crippen LogP contribution in [0, 0.1) is 0 Å². The van der Waals surface area contributed by atoms with Gasteiger partial charge in [-0.1, -0.05) is 26.8 Å². The molecule has 0 aliphatic carbocycles. The summed E-state index contributed by atoms with van der Waals surface area (Å²) in [5, 5.41) is 8.14. The van der Waals surface area contributed by atoms with Crippen molar-refractivity contribution in [3.63, 3.8) is 0 Å². The minimum absolute atomic E-state index is 0.269. The Balaban J connectivity index is 2.31. The van der Waals surface area contributed by atoms with Gasteiger partial charge in [-0.2, -0.15) is 5.10 Å². The van der Waals surface area contributed by atoms with Crippen LogP contribution >= 0.6 is 0 Å². The number of rotatable bonds is 6. The fourth-order valence-electron chi connectivity index (χ4n) is 2.17. The highest BCUT2D eigenvalue weighted by Gasteiger charge is 2.13. The number of nitrogens with zero attached hydrogens (tertiary/aromatic N) is 3. The van der Waals surface area contributed by atoms with Crippen LogP contribution in [0.25, 0.3) is 5.82 Å². The van der Waals surface area contributed by atoms with Crippen molar-refractivity contribution in [2.75, 3.05) is 6.54 Å². The van der Waals surface area contributed by atoms with Gasteiger partial charge in [-0.05, 0) is 37.9 Å². The van der Waals surface area contributed by atoms with E-state index in [1.807, 2.05) is 23.1 Å². The molecule has 4 nitrogen and oxygen atoms in total. The van der Waals surface area contributed by atoms with Crippen molar-refractivity contribution in [3.05, 3.63) is 41.9 Å². The molecule has 0 saturated heterocycles.